The second-order valence-corrected chi connectivity index (χ2v) is 9.43. The predicted molar refractivity (Wildman–Crippen MR) is 119 cm³/mol. The summed E-state index contributed by atoms with van der Waals surface area (Å²) in [7, 11) is -3.66. The molecule has 1 heterocycles. The van der Waals surface area contributed by atoms with Crippen LogP contribution in [0.25, 0.3) is 0 Å². The maximum Gasteiger partial charge on any atom is 0.251 e. The zero-order chi connectivity index (χ0) is 22.3. The Kier molecular flexibility index (Phi) is 8.06. The van der Waals surface area contributed by atoms with E-state index in [1.165, 1.54) is 15.9 Å². The smallest absolute Gasteiger partial charge is 0.251 e. The van der Waals surface area contributed by atoms with Crippen LogP contribution in [0.1, 0.15) is 34.8 Å². The largest absolute Gasteiger partial charge is 0.492 e. The lowest BCUT2D eigenvalue weighted by atomic mass is 10.1. The highest BCUT2D eigenvalue weighted by Crippen LogP contribution is 2.20. The quantitative estimate of drug-likeness (QED) is 0.599. The molecule has 1 N–H and O–H groups in total. The molecule has 2 aromatic rings. The lowest BCUT2D eigenvalue weighted by molar-refractivity contribution is 0.0730. The summed E-state index contributed by atoms with van der Waals surface area (Å²) >= 11 is 0. The van der Waals surface area contributed by atoms with Crippen LogP contribution in [-0.2, 0) is 21.2 Å². The van der Waals surface area contributed by atoms with Crippen LogP contribution in [-0.4, -0.2) is 58.1 Å². The van der Waals surface area contributed by atoms with Gasteiger partial charge in [-0.05, 0) is 48.7 Å². The van der Waals surface area contributed by atoms with Crippen LogP contribution in [0.2, 0.25) is 0 Å². The van der Waals surface area contributed by atoms with Gasteiger partial charge in [-0.15, -0.1) is 0 Å². The topological polar surface area (TPSA) is 84.9 Å². The van der Waals surface area contributed by atoms with Crippen LogP contribution in [0.3, 0.4) is 0 Å². The first-order valence-corrected chi connectivity index (χ1v) is 12.0. The van der Waals surface area contributed by atoms with E-state index in [-0.39, 0.29) is 10.8 Å². The number of benzene rings is 2. The minimum Gasteiger partial charge on any atom is -0.492 e. The van der Waals surface area contributed by atoms with Gasteiger partial charge in [0.25, 0.3) is 5.91 Å². The van der Waals surface area contributed by atoms with E-state index in [0.29, 0.717) is 50.6 Å². The van der Waals surface area contributed by atoms with Crippen molar-refractivity contribution in [2.75, 3.05) is 39.5 Å². The molecular weight excluding hydrogens is 416 g/mol. The van der Waals surface area contributed by atoms with Crippen LogP contribution in [0.15, 0.2) is 47.4 Å². The molecule has 0 spiro atoms. The third kappa shape index (κ3) is 6.06. The number of sulfonamides is 1. The third-order valence-corrected chi connectivity index (χ3v) is 7.07. The number of nitrogens with one attached hydrogen (secondary N) is 1. The van der Waals surface area contributed by atoms with Gasteiger partial charge in [-0.3, -0.25) is 4.79 Å². The van der Waals surface area contributed by atoms with Crippen molar-refractivity contribution in [3.8, 4) is 5.75 Å². The molecule has 1 saturated heterocycles. The van der Waals surface area contributed by atoms with Gasteiger partial charge in [0.05, 0.1) is 24.7 Å². The summed E-state index contributed by atoms with van der Waals surface area (Å²) in [6, 6.07) is 12.6. The van der Waals surface area contributed by atoms with E-state index >= 15 is 0 Å². The molecule has 1 aliphatic heterocycles. The van der Waals surface area contributed by atoms with Gasteiger partial charge in [0, 0.05) is 18.7 Å². The van der Waals surface area contributed by atoms with E-state index in [2.05, 4.69) is 12.2 Å². The normalized spacial score (nSPS) is 14.9. The maximum absolute atomic E-state index is 12.9. The van der Waals surface area contributed by atoms with Gasteiger partial charge in [0.15, 0.2) is 0 Å². The van der Waals surface area contributed by atoms with Crippen molar-refractivity contribution in [1.82, 2.24) is 9.62 Å². The average molecular weight is 447 g/mol. The number of nitrogens with zero attached hydrogens (tertiary/aromatic N) is 1. The molecule has 3 rings (SSSR count). The summed E-state index contributed by atoms with van der Waals surface area (Å²) in [5.74, 6) is 0.433. The van der Waals surface area contributed by atoms with Gasteiger partial charge in [0.1, 0.15) is 12.4 Å². The van der Waals surface area contributed by atoms with Crippen molar-refractivity contribution < 1.29 is 22.7 Å². The first-order valence-electron chi connectivity index (χ1n) is 10.6. The molecular formula is C23H30N2O5S. The summed E-state index contributed by atoms with van der Waals surface area (Å²) in [4.78, 5) is 12.8. The molecule has 0 aliphatic carbocycles. The Morgan fingerprint density at radius 3 is 2.52 bits per heavy atom. The lowest BCUT2D eigenvalue weighted by Gasteiger charge is -2.26. The molecule has 0 radical (unpaired) electrons. The number of morpholine rings is 1. The average Bonchev–Trinajstić information content (AvgIpc) is 2.78. The highest BCUT2D eigenvalue weighted by Gasteiger charge is 2.27. The maximum atomic E-state index is 12.9. The molecule has 7 nitrogen and oxygen atoms in total. The lowest BCUT2D eigenvalue weighted by Crippen LogP contribution is -2.40. The zero-order valence-electron chi connectivity index (χ0n) is 18.1. The van der Waals surface area contributed by atoms with Crippen molar-refractivity contribution in [3.05, 3.63) is 59.2 Å². The fourth-order valence-electron chi connectivity index (χ4n) is 3.41. The van der Waals surface area contributed by atoms with Crippen LogP contribution in [0, 0.1) is 6.92 Å². The number of carbonyl (C=O) groups excluding carboxylic acids is 1. The van der Waals surface area contributed by atoms with Crippen LogP contribution in [0.4, 0.5) is 0 Å². The van der Waals surface area contributed by atoms with Gasteiger partial charge < -0.3 is 14.8 Å². The van der Waals surface area contributed by atoms with Crippen molar-refractivity contribution in [3.63, 3.8) is 0 Å². The Morgan fingerprint density at radius 2 is 1.84 bits per heavy atom. The molecule has 0 bridgehead atoms. The van der Waals surface area contributed by atoms with E-state index in [1.807, 2.05) is 24.3 Å². The molecule has 1 fully saturated rings. The van der Waals surface area contributed by atoms with Crippen molar-refractivity contribution >= 4 is 15.9 Å². The fourth-order valence-corrected chi connectivity index (χ4v) is 4.85. The van der Waals surface area contributed by atoms with Crippen LogP contribution < -0.4 is 10.1 Å². The van der Waals surface area contributed by atoms with Gasteiger partial charge in [-0.1, -0.05) is 31.5 Å². The molecule has 1 amide bonds. The van der Waals surface area contributed by atoms with Crippen LogP contribution >= 0.6 is 0 Å². The zero-order valence-corrected chi connectivity index (χ0v) is 18.9. The van der Waals surface area contributed by atoms with Gasteiger partial charge >= 0.3 is 0 Å². The van der Waals surface area contributed by atoms with E-state index in [0.717, 1.165) is 18.6 Å². The Morgan fingerprint density at radius 1 is 1.13 bits per heavy atom. The number of amides is 1. The molecule has 0 aromatic heterocycles. The summed E-state index contributed by atoms with van der Waals surface area (Å²) in [6.45, 7) is 5.94. The Hall–Kier alpha value is -2.42. The molecule has 0 unspecified atom stereocenters. The molecule has 8 heteroatoms. The van der Waals surface area contributed by atoms with E-state index < -0.39 is 10.0 Å². The minimum absolute atomic E-state index is 0.119. The first kappa shape index (κ1) is 23.2. The molecule has 0 saturated carbocycles. The number of rotatable bonds is 9. The number of ether oxygens (including phenoxy) is 2. The first-order chi connectivity index (χ1) is 14.9. The fraction of sp³-hybridized carbons (Fsp3) is 0.435. The van der Waals surface area contributed by atoms with E-state index in [1.54, 1.807) is 19.1 Å². The van der Waals surface area contributed by atoms with Gasteiger partial charge in [-0.2, -0.15) is 4.31 Å². The summed E-state index contributed by atoms with van der Waals surface area (Å²) in [6.07, 6.45) is 2.14. The SMILES string of the molecule is CCCc1ccc(OCCNC(=O)c2cc(S(=O)(=O)N3CCOCC3)ccc2C)cc1. The number of carbonyl (C=O) groups is 1. The Labute approximate surface area is 184 Å². The minimum atomic E-state index is -3.66. The van der Waals surface area contributed by atoms with Crippen LogP contribution in [0.5, 0.6) is 5.75 Å². The van der Waals surface area contributed by atoms with Crippen molar-refractivity contribution in [2.24, 2.45) is 0 Å². The standard InChI is InChI=1S/C23H30N2O5S/c1-3-4-19-6-8-20(9-7-19)30-14-11-24-23(26)22-17-21(10-5-18(22)2)31(27,28)25-12-15-29-16-13-25/h5-10,17H,3-4,11-16H2,1-2H3,(H,24,26). The second-order valence-electron chi connectivity index (χ2n) is 7.49. The Balaban J connectivity index is 1.58. The van der Waals surface area contributed by atoms with E-state index in [9.17, 15) is 13.2 Å². The van der Waals surface area contributed by atoms with Gasteiger partial charge in [-0.25, -0.2) is 8.42 Å². The predicted octanol–water partition coefficient (Wildman–Crippen LogP) is 2.78. The number of hydrogen-bond donors (Lipinski definition) is 1. The second kappa shape index (κ2) is 10.7. The Bertz CT molecular complexity index is 984. The van der Waals surface area contributed by atoms with Crippen molar-refractivity contribution in [1.29, 1.82) is 0 Å². The molecule has 0 atom stereocenters. The number of hydrogen-bond acceptors (Lipinski definition) is 5. The highest BCUT2D eigenvalue weighted by molar-refractivity contribution is 7.89. The summed E-state index contributed by atoms with van der Waals surface area (Å²) in [5.41, 5.74) is 2.33. The molecule has 2 aromatic carbocycles. The molecule has 1 aliphatic rings. The highest BCUT2D eigenvalue weighted by atomic mass is 32.2. The molecule has 31 heavy (non-hydrogen) atoms. The molecule has 168 valence electrons. The third-order valence-electron chi connectivity index (χ3n) is 5.18. The number of aryl methyl sites for hydroxylation is 2. The summed E-state index contributed by atoms with van der Waals surface area (Å²) < 4.78 is 38.1. The summed E-state index contributed by atoms with van der Waals surface area (Å²) in [5, 5.41) is 2.81. The van der Waals surface area contributed by atoms with E-state index in [4.69, 9.17) is 9.47 Å². The van der Waals surface area contributed by atoms with Gasteiger partial charge in [0.2, 0.25) is 10.0 Å². The van der Waals surface area contributed by atoms with Crippen molar-refractivity contribution in [2.45, 2.75) is 31.6 Å². The monoisotopic (exact) mass is 446 g/mol.